The molecule has 94 heavy (non-hydrogen) atoms. The number of azide groups is 1. The molecule has 0 saturated carbocycles. The molecule has 3 aromatic carbocycles. The van der Waals surface area contributed by atoms with Crippen LogP contribution in [0.5, 0.6) is 0 Å². The molecule has 28 heteroatoms. The number of ether oxygens (including phenoxy) is 9. The van der Waals surface area contributed by atoms with Gasteiger partial charge in [-0.2, -0.15) is 0 Å². The standard InChI is InChI=1S/C66H94N8O17S2Si/c1-15-47(16-2)72(52(78)36-73(48(17-3)18-4)64(92)68-45-32-26-22-27-33-45)37-53(79)83-40-51-56(84-42(8)76)58(55(70-71-67)62(86-51)91-94(13,14)66(10,11)12)90-63-60(89-61(81)44-30-24-21-25-31-44)59(57(85-43(9)77)50(87-63)39-82-41(7)75)88-54(80)38-74(49(19-5)20-6)65(93)69-46-34-28-23-29-35-46/h21-35,47-51,55-60,62-63H,15-20,36-40H2,1-14H3,(H,68,92)(H,69,93)/t50-,51-,55-,56+,57+,58-,59+,60-,62+,63+/m1/s1. The van der Waals surface area contributed by atoms with Crippen molar-refractivity contribution in [2.24, 2.45) is 5.11 Å². The monoisotopic (exact) mass is 1360 g/mol. The molecule has 3 aromatic rings. The van der Waals surface area contributed by atoms with E-state index in [4.69, 9.17) is 71.5 Å². The van der Waals surface area contributed by atoms with Gasteiger partial charge < -0.3 is 72.4 Å². The zero-order chi connectivity index (χ0) is 69.5. The SMILES string of the molecule is CCC(CC)N(CC(=O)OC[C@H]1O[C@@H](O[Si](C)(C)C(C)(C)C)[C@H](N=[N+]=[N-])[C@@H](O[C@@H]2O[C@H](COC(C)=O)[C@H](OC(C)=O)[C@H](OC(=O)CN(C(=S)Nc3ccccc3)C(CC)CC)[C@H]2OC(=O)c2ccccc2)[C@H]1OC(C)=O)C(=O)CN(C(=S)Nc1ccccc1)C(CC)CC. The highest BCUT2D eigenvalue weighted by Gasteiger charge is 2.58. The van der Waals surface area contributed by atoms with Crippen LogP contribution < -0.4 is 10.6 Å². The molecular formula is C66H94N8O17S2Si. The second kappa shape index (κ2) is 37.1. The molecule has 10 atom stereocenters. The lowest BCUT2D eigenvalue weighted by Crippen LogP contribution is -2.67. The van der Waals surface area contributed by atoms with Crippen LogP contribution in [0.3, 0.4) is 0 Å². The number of esters is 6. The first-order valence-electron chi connectivity index (χ1n) is 32.0. The van der Waals surface area contributed by atoms with Crippen molar-refractivity contribution in [3.05, 3.63) is 107 Å². The van der Waals surface area contributed by atoms with Gasteiger partial charge in [-0.1, -0.05) is 122 Å². The summed E-state index contributed by atoms with van der Waals surface area (Å²) in [6.45, 7) is 22.0. The molecule has 2 heterocycles. The van der Waals surface area contributed by atoms with Crippen LogP contribution in [0.25, 0.3) is 10.4 Å². The van der Waals surface area contributed by atoms with Gasteiger partial charge in [0.15, 0.2) is 55.5 Å². The second-order valence-corrected chi connectivity index (χ2v) is 29.9. The third-order valence-corrected chi connectivity index (χ3v) is 21.9. The van der Waals surface area contributed by atoms with Gasteiger partial charge in [0.1, 0.15) is 50.7 Å². The van der Waals surface area contributed by atoms with Gasteiger partial charge in [0.2, 0.25) is 5.91 Å². The van der Waals surface area contributed by atoms with Crippen molar-refractivity contribution < 1.29 is 80.6 Å². The van der Waals surface area contributed by atoms with Crippen molar-refractivity contribution in [1.29, 1.82) is 0 Å². The number of anilines is 2. The van der Waals surface area contributed by atoms with E-state index < -0.39 is 149 Å². The van der Waals surface area contributed by atoms with Crippen molar-refractivity contribution in [3.63, 3.8) is 0 Å². The number of hydrogen-bond acceptors (Lipinski definition) is 20. The molecule has 0 aromatic heterocycles. The van der Waals surface area contributed by atoms with Gasteiger partial charge >= 0.3 is 35.8 Å². The number of hydrogen-bond donors (Lipinski definition) is 2. The fourth-order valence-electron chi connectivity index (χ4n) is 10.8. The van der Waals surface area contributed by atoms with Crippen molar-refractivity contribution in [2.75, 3.05) is 43.5 Å². The van der Waals surface area contributed by atoms with Gasteiger partial charge in [0.25, 0.3) is 0 Å². The van der Waals surface area contributed by atoms with Gasteiger partial charge in [-0.05, 0) is 123 Å². The van der Waals surface area contributed by atoms with Gasteiger partial charge in [-0.3, -0.25) is 28.8 Å². The Bertz CT molecular complexity index is 3040. The molecule has 25 nitrogen and oxygen atoms in total. The summed E-state index contributed by atoms with van der Waals surface area (Å²) < 4.78 is 63.3. The number of thiocarbonyl (C=S) groups is 2. The predicted octanol–water partition coefficient (Wildman–Crippen LogP) is 10.4. The van der Waals surface area contributed by atoms with E-state index in [-0.39, 0.29) is 29.3 Å². The van der Waals surface area contributed by atoms with Gasteiger partial charge in [0, 0.05) is 55.2 Å². The number of rotatable bonds is 31. The molecule has 2 aliphatic rings. The quantitative estimate of drug-likeness (QED) is 0.0115. The lowest BCUT2D eigenvalue weighted by atomic mass is 9.95. The molecule has 0 aliphatic carbocycles. The first kappa shape index (κ1) is 77.4. The second-order valence-electron chi connectivity index (χ2n) is 24.4. The molecule has 0 bridgehead atoms. The summed E-state index contributed by atoms with van der Waals surface area (Å²) in [5.41, 5.74) is 11.8. The van der Waals surface area contributed by atoms with Crippen LogP contribution in [0.15, 0.2) is 96.1 Å². The fraction of sp³-hybridized carbons (Fsp3) is 0.591. The summed E-state index contributed by atoms with van der Waals surface area (Å²) in [5, 5.41) is 10.5. The van der Waals surface area contributed by atoms with Gasteiger partial charge in [0.05, 0.1) is 12.1 Å². The van der Waals surface area contributed by atoms with E-state index >= 15 is 0 Å². The van der Waals surface area contributed by atoms with E-state index in [2.05, 4.69) is 20.7 Å². The molecule has 1 amide bonds. The summed E-state index contributed by atoms with van der Waals surface area (Å²) >= 11 is 11.8. The average Bonchev–Trinajstić information content (AvgIpc) is 0.765. The Labute approximate surface area is 563 Å². The Balaban J connectivity index is 1.65. The first-order valence-corrected chi connectivity index (χ1v) is 35.7. The minimum absolute atomic E-state index is 0.00611. The summed E-state index contributed by atoms with van der Waals surface area (Å²) in [7, 11) is -3.02. The van der Waals surface area contributed by atoms with E-state index in [1.54, 1.807) is 35.2 Å². The Kier molecular flexibility index (Phi) is 30.6. The van der Waals surface area contributed by atoms with Crippen LogP contribution in [0.2, 0.25) is 18.1 Å². The summed E-state index contributed by atoms with van der Waals surface area (Å²) in [6.07, 6.45) is -12.4. The maximum Gasteiger partial charge on any atom is 0.338 e. The average molecular weight is 1360 g/mol. The van der Waals surface area contributed by atoms with Gasteiger partial charge in [-0.25, -0.2) is 4.79 Å². The number of carbonyl (C=O) groups excluding carboxylic acids is 7. The van der Waals surface area contributed by atoms with Gasteiger partial charge in [-0.15, -0.1) is 0 Å². The van der Waals surface area contributed by atoms with E-state index in [1.807, 2.05) is 129 Å². The van der Waals surface area contributed by atoms with E-state index in [0.717, 1.165) is 26.5 Å². The maximum absolute atomic E-state index is 14.9. The number of carbonyl (C=O) groups is 7. The van der Waals surface area contributed by atoms with Crippen LogP contribution in [0.1, 0.15) is 132 Å². The smallest absolute Gasteiger partial charge is 0.338 e. The van der Waals surface area contributed by atoms with Crippen molar-refractivity contribution in [1.82, 2.24) is 14.7 Å². The number of benzene rings is 3. The molecule has 0 unspecified atom stereocenters. The third-order valence-electron chi connectivity index (χ3n) is 16.8. The largest absolute Gasteiger partial charge is 0.463 e. The Morgan fingerprint density at radius 2 is 1.00 bits per heavy atom. The topological polar surface area (TPSA) is 294 Å². The lowest BCUT2D eigenvalue weighted by molar-refractivity contribution is -0.340. The predicted molar refractivity (Wildman–Crippen MR) is 361 cm³/mol. The lowest BCUT2D eigenvalue weighted by Gasteiger charge is -2.50. The van der Waals surface area contributed by atoms with E-state index in [0.29, 0.717) is 49.3 Å². The van der Waals surface area contributed by atoms with Crippen LogP contribution >= 0.6 is 24.4 Å². The highest BCUT2D eigenvalue weighted by Crippen LogP contribution is 2.42. The normalized spacial score (nSPS) is 21.2. The fourth-order valence-corrected chi connectivity index (χ4v) is 12.6. The molecule has 0 spiro atoms. The van der Waals surface area contributed by atoms with E-state index in [9.17, 15) is 39.1 Å². The number of nitrogens with zero attached hydrogens (tertiary/aromatic N) is 6. The zero-order valence-electron chi connectivity index (χ0n) is 56.4. The van der Waals surface area contributed by atoms with Crippen molar-refractivity contribution >= 4 is 96.1 Å². The molecule has 2 fully saturated rings. The molecule has 5 rings (SSSR count). The molecule has 0 radical (unpaired) electrons. The minimum Gasteiger partial charge on any atom is -0.463 e. The maximum atomic E-state index is 14.9. The third kappa shape index (κ3) is 22.1. The highest BCUT2D eigenvalue weighted by atomic mass is 32.1. The van der Waals surface area contributed by atoms with Crippen LogP contribution in [-0.2, 0) is 75.8 Å². The molecule has 516 valence electrons. The van der Waals surface area contributed by atoms with Crippen LogP contribution in [0.4, 0.5) is 11.4 Å². The van der Waals surface area contributed by atoms with Crippen molar-refractivity contribution in [2.45, 2.75) is 219 Å². The minimum atomic E-state index is -3.02. The summed E-state index contributed by atoms with van der Waals surface area (Å²) in [6, 6.07) is 23.6. The zero-order valence-corrected chi connectivity index (χ0v) is 59.0. The molecule has 2 saturated heterocycles. The highest BCUT2D eigenvalue weighted by molar-refractivity contribution is 7.80. The number of amides is 1. The Morgan fingerprint density at radius 3 is 1.46 bits per heavy atom. The number of nitrogens with one attached hydrogen (secondary N) is 2. The van der Waals surface area contributed by atoms with Crippen LogP contribution in [0, 0.1) is 0 Å². The number of para-hydroxylation sites is 2. The Hall–Kier alpha value is -7.30. The first-order chi connectivity index (χ1) is 44.6. The van der Waals surface area contributed by atoms with E-state index in [1.165, 1.54) is 17.0 Å². The van der Waals surface area contributed by atoms with Crippen LogP contribution in [-0.4, -0.2) is 187 Å². The molecule has 2 N–H and O–H groups in total. The molecule has 2 aliphatic heterocycles. The molecular weight excluding hydrogens is 1270 g/mol. The summed E-state index contributed by atoms with van der Waals surface area (Å²) in [5.74, 6) is -5.87. The van der Waals surface area contributed by atoms with Crippen molar-refractivity contribution in [3.8, 4) is 0 Å². The summed E-state index contributed by atoms with van der Waals surface area (Å²) in [4.78, 5) is 106. The Morgan fingerprint density at radius 1 is 0.564 bits per heavy atom.